The molecule has 31 heavy (non-hydrogen) atoms. The molecule has 1 amide bonds. The molecule has 2 aromatic heterocycles. The number of benzene rings is 1. The second kappa shape index (κ2) is 8.04. The molecule has 7 heteroatoms. The molecule has 0 bridgehead atoms. The van der Waals surface area contributed by atoms with Crippen molar-refractivity contribution >= 4 is 17.2 Å². The topological polar surface area (TPSA) is 38.1 Å². The largest absolute Gasteiger partial charge is 0.333 e. The van der Waals surface area contributed by atoms with Gasteiger partial charge in [0, 0.05) is 47.4 Å². The monoisotopic (exact) mass is 441 g/mol. The van der Waals surface area contributed by atoms with E-state index in [2.05, 4.69) is 17.7 Å². The Balaban J connectivity index is 1.89. The summed E-state index contributed by atoms with van der Waals surface area (Å²) < 4.78 is 30.4. The van der Waals surface area contributed by atoms with E-state index in [0.29, 0.717) is 25.2 Å². The van der Waals surface area contributed by atoms with Gasteiger partial charge in [-0.25, -0.2) is 0 Å². The molecule has 4 nitrogen and oxygen atoms in total. The van der Waals surface area contributed by atoms with Crippen LogP contribution in [-0.4, -0.2) is 27.1 Å². The summed E-state index contributed by atoms with van der Waals surface area (Å²) in [5, 5.41) is 4.16. The molecule has 0 saturated heterocycles. The van der Waals surface area contributed by atoms with Crippen molar-refractivity contribution in [3.63, 3.8) is 0 Å². The van der Waals surface area contributed by atoms with Crippen molar-refractivity contribution in [1.82, 2.24) is 14.7 Å². The molecule has 3 heterocycles. The van der Waals surface area contributed by atoms with E-state index in [1.165, 1.54) is 11.0 Å². The van der Waals surface area contributed by atoms with Crippen LogP contribution in [0.2, 0.25) is 0 Å². The van der Waals surface area contributed by atoms with Gasteiger partial charge in [0.2, 0.25) is 5.91 Å². The Morgan fingerprint density at radius 2 is 2.06 bits per heavy atom. The Morgan fingerprint density at radius 1 is 1.32 bits per heavy atom. The molecule has 0 unspecified atom stereocenters. The van der Waals surface area contributed by atoms with E-state index in [0.717, 1.165) is 28.5 Å². The summed E-state index contributed by atoms with van der Waals surface area (Å²) in [7, 11) is 0. The Labute approximate surface area is 184 Å². The van der Waals surface area contributed by atoms with Crippen molar-refractivity contribution < 1.29 is 13.6 Å². The standard InChI is InChI=1S/C24H25F2N3OS/c1-5-22(30)28-12-19(18-11-15(3)31-21(18)14-28)16-9-7-8-10-17(16)20-13-29(6-2)27-23(20)24(4,25)26/h5,7-11,13,19H,1,6,12,14H2,2-4H3/t19-/m0/s1. The highest BCUT2D eigenvalue weighted by Crippen LogP contribution is 2.43. The maximum absolute atomic E-state index is 14.4. The maximum Gasteiger partial charge on any atom is 0.289 e. The summed E-state index contributed by atoms with van der Waals surface area (Å²) in [6.45, 7) is 9.96. The van der Waals surface area contributed by atoms with Gasteiger partial charge in [-0.2, -0.15) is 13.9 Å². The lowest BCUT2D eigenvalue weighted by Gasteiger charge is -2.33. The quantitative estimate of drug-likeness (QED) is 0.476. The van der Waals surface area contributed by atoms with Gasteiger partial charge in [0.15, 0.2) is 0 Å². The van der Waals surface area contributed by atoms with Crippen molar-refractivity contribution in [3.05, 3.63) is 75.8 Å². The Bertz CT molecular complexity index is 1140. The van der Waals surface area contributed by atoms with Gasteiger partial charge in [-0.05, 0) is 42.7 Å². The van der Waals surface area contributed by atoms with E-state index in [1.807, 2.05) is 38.1 Å². The third-order valence-corrected chi connectivity index (χ3v) is 6.74. The Morgan fingerprint density at radius 3 is 2.74 bits per heavy atom. The van der Waals surface area contributed by atoms with Crippen LogP contribution >= 0.6 is 11.3 Å². The van der Waals surface area contributed by atoms with Gasteiger partial charge in [-0.1, -0.05) is 30.8 Å². The number of aromatic nitrogens is 2. The van der Waals surface area contributed by atoms with Crippen LogP contribution in [0.4, 0.5) is 8.78 Å². The zero-order chi connectivity index (χ0) is 22.3. The van der Waals surface area contributed by atoms with Gasteiger partial charge >= 0.3 is 0 Å². The maximum atomic E-state index is 14.4. The first-order valence-corrected chi connectivity index (χ1v) is 11.1. The number of halogens is 2. The lowest BCUT2D eigenvalue weighted by atomic mass is 9.83. The van der Waals surface area contributed by atoms with E-state index in [1.54, 1.807) is 27.1 Å². The number of rotatable bonds is 5. The average Bonchev–Trinajstić information content (AvgIpc) is 3.35. The van der Waals surface area contributed by atoms with E-state index in [-0.39, 0.29) is 17.5 Å². The van der Waals surface area contributed by atoms with Crippen LogP contribution in [0.25, 0.3) is 11.1 Å². The summed E-state index contributed by atoms with van der Waals surface area (Å²) in [5.74, 6) is -3.31. The highest BCUT2D eigenvalue weighted by molar-refractivity contribution is 7.12. The second-order valence-corrected chi connectivity index (χ2v) is 9.27. The number of thiophene rings is 1. The van der Waals surface area contributed by atoms with Crippen molar-refractivity contribution in [1.29, 1.82) is 0 Å². The summed E-state index contributed by atoms with van der Waals surface area (Å²) >= 11 is 1.67. The molecule has 0 spiro atoms. The van der Waals surface area contributed by atoms with Gasteiger partial charge in [-0.3, -0.25) is 9.48 Å². The fourth-order valence-corrected chi connectivity index (χ4v) is 5.39. The first kappa shape index (κ1) is 21.4. The molecule has 0 aliphatic carbocycles. The van der Waals surface area contributed by atoms with Gasteiger partial charge in [-0.15, -0.1) is 11.3 Å². The van der Waals surface area contributed by atoms with E-state index < -0.39 is 5.92 Å². The highest BCUT2D eigenvalue weighted by Gasteiger charge is 2.35. The van der Waals surface area contributed by atoms with Crippen LogP contribution in [0.5, 0.6) is 0 Å². The predicted octanol–water partition coefficient (Wildman–Crippen LogP) is 5.71. The summed E-state index contributed by atoms with van der Waals surface area (Å²) in [4.78, 5) is 16.5. The van der Waals surface area contributed by atoms with Crippen LogP contribution in [0.15, 0.2) is 49.2 Å². The van der Waals surface area contributed by atoms with E-state index in [4.69, 9.17) is 0 Å². The van der Waals surface area contributed by atoms with Gasteiger partial charge < -0.3 is 4.90 Å². The van der Waals surface area contributed by atoms with Gasteiger partial charge in [0.05, 0.1) is 6.54 Å². The van der Waals surface area contributed by atoms with Gasteiger partial charge in [0.1, 0.15) is 5.69 Å². The minimum atomic E-state index is -3.07. The number of carbonyl (C=O) groups is 1. The van der Waals surface area contributed by atoms with Crippen LogP contribution in [-0.2, 0) is 23.8 Å². The molecule has 0 radical (unpaired) electrons. The first-order chi connectivity index (χ1) is 14.7. The molecule has 3 aromatic rings. The predicted molar refractivity (Wildman–Crippen MR) is 119 cm³/mol. The number of alkyl halides is 2. The molecular formula is C24H25F2N3OS. The number of nitrogens with zero attached hydrogens (tertiary/aromatic N) is 3. The zero-order valence-corrected chi connectivity index (χ0v) is 18.7. The van der Waals surface area contributed by atoms with Crippen LogP contribution in [0.1, 0.15) is 46.3 Å². The molecule has 0 fully saturated rings. The third kappa shape index (κ3) is 3.94. The summed E-state index contributed by atoms with van der Waals surface area (Å²) in [5.41, 5.74) is 3.02. The first-order valence-electron chi connectivity index (χ1n) is 10.3. The van der Waals surface area contributed by atoms with Crippen LogP contribution in [0.3, 0.4) is 0 Å². The molecule has 4 rings (SSSR count). The number of carbonyl (C=O) groups excluding carboxylic acids is 1. The van der Waals surface area contributed by atoms with E-state index in [9.17, 15) is 13.6 Å². The van der Waals surface area contributed by atoms with E-state index >= 15 is 0 Å². The molecule has 1 aliphatic heterocycles. The fraction of sp³-hybridized carbons (Fsp3) is 0.333. The molecule has 1 aromatic carbocycles. The number of hydrogen-bond acceptors (Lipinski definition) is 3. The van der Waals surface area contributed by atoms with Gasteiger partial charge in [0.25, 0.3) is 5.92 Å². The number of fused-ring (bicyclic) bond motifs is 1. The molecule has 0 N–H and O–H groups in total. The van der Waals surface area contributed by atoms with Crippen molar-refractivity contribution in [2.75, 3.05) is 6.54 Å². The van der Waals surface area contributed by atoms with Crippen LogP contribution in [0, 0.1) is 6.92 Å². The lowest BCUT2D eigenvalue weighted by molar-refractivity contribution is -0.127. The highest BCUT2D eigenvalue weighted by atomic mass is 32.1. The Hall–Kier alpha value is -2.80. The van der Waals surface area contributed by atoms with Crippen molar-refractivity contribution in [3.8, 4) is 11.1 Å². The SMILES string of the molecule is C=CC(=O)N1Cc2sc(C)cc2[C@H](c2ccccc2-c2cn(CC)nc2C(C)(F)F)C1. The molecule has 1 aliphatic rings. The minimum absolute atomic E-state index is 0.114. The second-order valence-electron chi connectivity index (χ2n) is 7.93. The summed E-state index contributed by atoms with van der Waals surface area (Å²) in [6.07, 6.45) is 3.02. The number of aryl methyl sites for hydroxylation is 2. The number of hydrogen-bond donors (Lipinski definition) is 0. The number of amides is 1. The molecule has 0 saturated carbocycles. The molecule has 1 atom stereocenters. The normalized spacial score (nSPS) is 16.3. The molecular weight excluding hydrogens is 416 g/mol. The van der Waals surface area contributed by atoms with Crippen molar-refractivity contribution in [2.45, 2.75) is 45.7 Å². The minimum Gasteiger partial charge on any atom is -0.333 e. The lowest BCUT2D eigenvalue weighted by Crippen LogP contribution is -2.37. The fourth-order valence-electron chi connectivity index (χ4n) is 4.27. The van der Waals surface area contributed by atoms with Crippen molar-refractivity contribution in [2.24, 2.45) is 0 Å². The average molecular weight is 442 g/mol. The Kier molecular flexibility index (Phi) is 5.56. The third-order valence-electron chi connectivity index (χ3n) is 5.69. The molecule has 162 valence electrons. The summed E-state index contributed by atoms with van der Waals surface area (Å²) in [6, 6.07) is 9.77. The van der Waals surface area contributed by atoms with Crippen LogP contribution < -0.4 is 0 Å². The smallest absolute Gasteiger partial charge is 0.289 e. The zero-order valence-electron chi connectivity index (χ0n) is 17.9.